The lowest BCUT2D eigenvalue weighted by Crippen LogP contribution is -2.53. The zero-order valence-electron chi connectivity index (χ0n) is 12.7. The highest BCUT2D eigenvalue weighted by Crippen LogP contribution is 2.24. The lowest BCUT2D eigenvalue weighted by atomic mass is 10.2. The summed E-state index contributed by atoms with van der Waals surface area (Å²) >= 11 is 0. The number of nitrogens with one attached hydrogen (secondary N) is 1. The Balaban J connectivity index is 1.98. The van der Waals surface area contributed by atoms with Crippen molar-refractivity contribution in [2.75, 3.05) is 31.1 Å². The summed E-state index contributed by atoms with van der Waals surface area (Å²) in [5.74, 6) is -3.85. The second-order valence-corrected chi connectivity index (χ2v) is 5.43. The second-order valence-electron chi connectivity index (χ2n) is 5.43. The molecule has 1 aliphatic rings. The summed E-state index contributed by atoms with van der Waals surface area (Å²) in [6, 6.07) is 2.08. The Morgan fingerprint density at radius 3 is 2.41 bits per heavy atom. The average molecular weight is 315 g/mol. The molecule has 1 N–H and O–H groups in total. The SMILES string of the molecule is CCC(C)NC(=O)N1CCN(c2ccc(F)c(F)c2F)CC1. The van der Waals surface area contributed by atoms with Crippen LogP contribution < -0.4 is 10.2 Å². The monoisotopic (exact) mass is 315 g/mol. The molecule has 0 radical (unpaired) electrons. The van der Waals surface area contributed by atoms with Crippen LogP contribution in [0, 0.1) is 17.5 Å². The number of hydrogen-bond donors (Lipinski definition) is 1. The minimum atomic E-state index is -1.46. The van der Waals surface area contributed by atoms with Crippen LogP contribution in [0.5, 0.6) is 0 Å². The summed E-state index contributed by atoms with van der Waals surface area (Å²) in [4.78, 5) is 15.2. The van der Waals surface area contributed by atoms with Gasteiger partial charge in [-0.3, -0.25) is 0 Å². The quantitative estimate of drug-likeness (QED) is 0.871. The Hall–Kier alpha value is -1.92. The molecule has 7 heteroatoms. The van der Waals surface area contributed by atoms with E-state index in [1.54, 1.807) is 9.80 Å². The van der Waals surface area contributed by atoms with Crippen molar-refractivity contribution in [3.8, 4) is 0 Å². The Morgan fingerprint density at radius 2 is 1.82 bits per heavy atom. The van der Waals surface area contributed by atoms with Gasteiger partial charge in [-0.25, -0.2) is 18.0 Å². The van der Waals surface area contributed by atoms with Crippen LogP contribution in [0.2, 0.25) is 0 Å². The van der Waals surface area contributed by atoms with Crippen LogP contribution in [0.25, 0.3) is 0 Å². The number of halogens is 3. The lowest BCUT2D eigenvalue weighted by molar-refractivity contribution is 0.190. The molecule has 2 amide bonds. The fraction of sp³-hybridized carbons (Fsp3) is 0.533. The van der Waals surface area contributed by atoms with Crippen molar-refractivity contribution in [2.45, 2.75) is 26.3 Å². The third-order valence-electron chi connectivity index (χ3n) is 3.90. The van der Waals surface area contributed by atoms with Crippen molar-refractivity contribution >= 4 is 11.7 Å². The normalized spacial score (nSPS) is 16.6. The topological polar surface area (TPSA) is 35.6 Å². The van der Waals surface area contributed by atoms with E-state index in [9.17, 15) is 18.0 Å². The Kier molecular flexibility index (Phi) is 5.15. The molecule has 1 fully saturated rings. The first kappa shape index (κ1) is 16.5. The maximum Gasteiger partial charge on any atom is 0.317 e. The summed E-state index contributed by atoms with van der Waals surface area (Å²) in [5, 5.41) is 2.87. The zero-order chi connectivity index (χ0) is 16.3. The number of benzene rings is 1. The number of rotatable bonds is 3. The molecule has 122 valence electrons. The molecule has 1 aromatic carbocycles. The zero-order valence-corrected chi connectivity index (χ0v) is 12.7. The van der Waals surface area contributed by atoms with E-state index in [0.717, 1.165) is 12.5 Å². The number of urea groups is 1. The summed E-state index contributed by atoms with van der Waals surface area (Å²) in [5.41, 5.74) is 0.0286. The fourth-order valence-electron chi connectivity index (χ4n) is 2.31. The molecule has 2 rings (SSSR count). The lowest BCUT2D eigenvalue weighted by Gasteiger charge is -2.36. The number of piperazine rings is 1. The van der Waals surface area contributed by atoms with Crippen LogP contribution in [0.3, 0.4) is 0 Å². The molecule has 0 bridgehead atoms. The maximum atomic E-state index is 13.8. The van der Waals surface area contributed by atoms with E-state index in [1.165, 1.54) is 6.07 Å². The summed E-state index contributed by atoms with van der Waals surface area (Å²) < 4.78 is 40.0. The second kappa shape index (κ2) is 6.89. The first-order chi connectivity index (χ1) is 10.4. The molecular formula is C15H20F3N3O. The first-order valence-corrected chi connectivity index (χ1v) is 7.38. The van der Waals surface area contributed by atoms with Gasteiger partial charge in [0, 0.05) is 32.2 Å². The van der Waals surface area contributed by atoms with E-state index < -0.39 is 17.5 Å². The van der Waals surface area contributed by atoms with Gasteiger partial charge in [-0.05, 0) is 25.5 Å². The predicted molar refractivity (Wildman–Crippen MR) is 78.4 cm³/mol. The van der Waals surface area contributed by atoms with Crippen molar-refractivity contribution in [1.82, 2.24) is 10.2 Å². The van der Waals surface area contributed by atoms with Crippen LogP contribution in [0.15, 0.2) is 12.1 Å². The predicted octanol–water partition coefficient (Wildman–Crippen LogP) is 2.73. The van der Waals surface area contributed by atoms with Crippen LogP contribution >= 0.6 is 0 Å². The van der Waals surface area contributed by atoms with Gasteiger partial charge >= 0.3 is 6.03 Å². The van der Waals surface area contributed by atoms with Gasteiger partial charge in [0.1, 0.15) is 0 Å². The third kappa shape index (κ3) is 3.45. The summed E-state index contributed by atoms with van der Waals surface area (Å²) in [7, 11) is 0. The molecule has 1 aliphatic heterocycles. The largest absolute Gasteiger partial charge is 0.366 e. The average Bonchev–Trinajstić information content (AvgIpc) is 2.53. The highest BCUT2D eigenvalue weighted by molar-refractivity contribution is 5.74. The Bertz CT molecular complexity index is 545. The minimum absolute atomic E-state index is 0.0286. The van der Waals surface area contributed by atoms with Gasteiger partial charge < -0.3 is 15.1 Å². The molecule has 1 heterocycles. The van der Waals surface area contributed by atoms with E-state index in [2.05, 4.69) is 5.32 Å². The van der Waals surface area contributed by atoms with Crippen molar-refractivity contribution < 1.29 is 18.0 Å². The van der Waals surface area contributed by atoms with Gasteiger partial charge in [-0.15, -0.1) is 0 Å². The van der Waals surface area contributed by atoms with Crippen LogP contribution in [0.4, 0.5) is 23.7 Å². The van der Waals surface area contributed by atoms with Gasteiger partial charge in [0.15, 0.2) is 17.5 Å². The molecule has 1 atom stereocenters. The third-order valence-corrected chi connectivity index (χ3v) is 3.90. The first-order valence-electron chi connectivity index (χ1n) is 7.38. The van der Waals surface area contributed by atoms with Gasteiger partial charge in [0.25, 0.3) is 0 Å². The van der Waals surface area contributed by atoms with E-state index in [1.807, 2.05) is 13.8 Å². The highest BCUT2D eigenvalue weighted by Gasteiger charge is 2.25. The van der Waals surface area contributed by atoms with Crippen molar-refractivity contribution in [3.05, 3.63) is 29.6 Å². The Morgan fingerprint density at radius 1 is 1.18 bits per heavy atom. The number of carbonyl (C=O) groups excluding carboxylic acids is 1. The number of nitrogens with zero attached hydrogens (tertiary/aromatic N) is 2. The van der Waals surface area contributed by atoms with Gasteiger partial charge in [-0.2, -0.15) is 0 Å². The molecule has 0 aromatic heterocycles. The maximum absolute atomic E-state index is 13.8. The minimum Gasteiger partial charge on any atom is -0.366 e. The van der Waals surface area contributed by atoms with Crippen LogP contribution in [-0.4, -0.2) is 43.2 Å². The molecular weight excluding hydrogens is 295 g/mol. The molecule has 0 spiro atoms. The summed E-state index contributed by atoms with van der Waals surface area (Å²) in [6.45, 7) is 5.45. The number of amides is 2. The van der Waals surface area contributed by atoms with E-state index >= 15 is 0 Å². The number of anilines is 1. The molecule has 4 nitrogen and oxygen atoms in total. The molecule has 1 saturated heterocycles. The van der Waals surface area contributed by atoms with E-state index in [0.29, 0.717) is 26.2 Å². The Labute approximate surface area is 127 Å². The highest BCUT2D eigenvalue weighted by atomic mass is 19.2. The smallest absolute Gasteiger partial charge is 0.317 e. The van der Waals surface area contributed by atoms with Crippen molar-refractivity contribution in [3.63, 3.8) is 0 Å². The standard InChI is InChI=1S/C15H20F3N3O/c1-3-10(2)19-15(22)21-8-6-20(7-9-21)12-5-4-11(16)13(17)14(12)18/h4-5,10H,3,6-9H2,1-2H3,(H,19,22). The van der Waals surface area contributed by atoms with Gasteiger partial charge in [0.2, 0.25) is 0 Å². The molecule has 1 aromatic rings. The van der Waals surface area contributed by atoms with Gasteiger partial charge in [-0.1, -0.05) is 6.92 Å². The molecule has 1 unspecified atom stereocenters. The van der Waals surface area contributed by atoms with Crippen LogP contribution in [-0.2, 0) is 0 Å². The van der Waals surface area contributed by atoms with E-state index in [4.69, 9.17) is 0 Å². The van der Waals surface area contributed by atoms with Gasteiger partial charge in [0.05, 0.1) is 5.69 Å². The summed E-state index contributed by atoms with van der Waals surface area (Å²) in [6.07, 6.45) is 0.839. The molecule has 22 heavy (non-hydrogen) atoms. The van der Waals surface area contributed by atoms with Crippen molar-refractivity contribution in [2.24, 2.45) is 0 Å². The molecule has 0 aliphatic carbocycles. The van der Waals surface area contributed by atoms with Crippen molar-refractivity contribution in [1.29, 1.82) is 0 Å². The number of hydrogen-bond acceptors (Lipinski definition) is 2. The fourth-order valence-corrected chi connectivity index (χ4v) is 2.31. The number of carbonyl (C=O) groups is 1. The van der Waals surface area contributed by atoms with E-state index in [-0.39, 0.29) is 17.8 Å². The molecule has 0 saturated carbocycles. The van der Waals surface area contributed by atoms with Crippen LogP contribution in [0.1, 0.15) is 20.3 Å².